The number of rotatable bonds is 3. The van der Waals surface area contributed by atoms with E-state index in [1.807, 2.05) is 0 Å². The lowest BCUT2D eigenvalue weighted by Crippen LogP contribution is -2.51. The van der Waals surface area contributed by atoms with Crippen LogP contribution in [0.5, 0.6) is 0 Å². The van der Waals surface area contributed by atoms with E-state index in [2.05, 4.69) is 10.3 Å². The number of carbonyl (C=O) groups is 2. The third-order valence-corrected chi connectivity index (χ3v) is 4.11. The lowest BCUT2D eigenvalue weighted by Gasteiger charge is -2.38. The summed E-state index contributed by atoms with van der Waals surface area (Å²) in [5, 5.41) is 2.67. The van der Waals surface area contributed by atoms with Crippen LogP contribution >= 0.6 is 0 Å². The molecule has 1 saturated heterocycles. The minimum absolute atomic E-state index is 0.232. The van der Waals surface area contributed by atoms with Crippen molar-refractivity contribution in [2.24, 2.45) is 0 Å². The number of hydrogen-bond donors (Lipinski definition) is 1. The van der Waals surface area contributed by atoms with E-state index in [4.69, 9.17) is 4.74 Å². The van der Waals surface area contributed by atoms with Crippen LogP contribution < -0.4 is 5.32 Å². The molecule has 2 atom stereocenters. The normalized spacial score (nSPS) is 20.4. The van der Waals surface area contributed by atoms with Crippen LogP contribution in [0.1, 0.15) is 17.3 Å². The van der Waals surface area contributed by atoms with E-state index in [1.54, 1.807) is 43.3 Å². The molecule has 2 amide bonds. The number of ether oxygens (including phenoxy) is 1. The van der Waals surface area contributed by atoms with Crippen LogP contribution in [0.15, 0.2) is 42.5 Å². The smallest absolute Gasteiger partial charge is 0.257 e. The molecule has 1 aromatic carbocycles. The van der Waals surface area contributed by atoms with Crippen molar-refractivity contribution < 1.29 is 18.7 Å². The van der Waals surface area contributed by atoms with Gasteiger partial charge in [0.1, 0.15) is 18.2 Å². The van der Waals surface area contributed by atoms with E-state index < -0.39 is 23.9 Å². The van der Waals surface area contributed by atoms with Gasteiger partial charge in [-0.3, -0.25) is 9.59 Å². The minimum Gasteiger partial charge on any atom is -0.356 e. The highest BCUT2D eigenvalue weighted by Gasteiger charge is 2.41. The monoisotopic (exact) mass is 343 g/mol. The summed E-state index contributed by atoms with van der Waals surface area (Å²) >= 11 is 0. The van der Waals surface area contributed by atoms with E-state index in [1.165, 1.54) is 18.0 Å². The number of amides is 2. The van der Waals surface area contributed by atoms with Crippen molar-refractivity contribution in [1.29, 1.82) is 0 Å². The maximum atomic E-state index is 14.3. The molecule has 0 aliphatic carbocycles. The van der Waals surface area contributed by atoms with Gasteiger partial charge in [-0.25, -0.2) is 9.37 Å². The van der Waals surface area contributed by atoms with Crippen molar-refractivity contribution >= 4 is 17.6 Å². The van der Waals surface area contributed by atoms with Crippen LogP contribution in [0.3, 0.4) is 0 Å². The molecule has 25 heavy (non-hydrogen) atoms. The largest absolute Gasteiger partial charge is 0.356 e. The molecule has 7 heteroatoms. The number of aromatic nitrogens is 1. The van der Waals surface area contributed by atoms with Crippen molar-refractivity contribution in [3.8, 4) is 0 Å². The molecule has 1 aliphatic rings. The van der Waals surface area contributed by atoms with Gasteiger partial charge in [-0.2, -0.15) is 0 Å². The number of likely N-dealkylation sites (N-methyl/N-ethyl adjacent to an activating group) is 1. The number of carbonyl (C=O) groups excluding carboxylic acids is 2. The fourth-order valence-electron chi connectivity index (χ4n) is 2.83. The molecule has 0 saturated carbocycles. The Hall–Kier alpha value is -2.80. The Bertz CT molecular complexity index is 812. The van der Waals surface area contributed by atoms with Crippen molar-refractivity contribution in [3.63, 3.8) is 0 Å². The van der Waals surface area contributed by atoms with E-state index in [0.29, 0.717) is 5.82 Å². The molecule has 1 N–H and O–H groups in total. The zero-order valence-corrected chi connectivity index (χ0v) is 13.9. The first kappa shape index (κ1) is 17.0. The second kappa shape index (κ2) is 6.98. The molecule has 0 unspecified atom stereocenters. The Labute approximate surface area is 144 Å². The Morgan fingerprint density at radius 2 is 2.04 bits per heavy atom. The molecule has 0 spiro atoms. The molecule has 1 aliphatic heterocycles. The highest BCUT2D eigenvalue weighted by atomic mass is 19.1. The van der Waals surface area contributed by atoms with Gasteiger partial charge in [0.05, 0.1) is 6.04 Å². The Balaban J connectivity index is 1.90. The maximum Gasteiger partial charge on any atom is 0.257 e. The molecule has 3 rings (SSSR count). The van der Waals surface area contributed by atoms with E-state index >= 15 is 0 Å². The predicted molar refractivity (Wildman–Crippen MR) is 89.3 cm³/mol. The van der Waals surface area contributed by atoms with E-state index in [-0.39, 0.29) is 18.1 Å². The average Bonchev–Trinajstić information content (AvgIpc) is 2.58. The van der Waals surface area contributed by atoms with Crippen LogP contribution in [0.4, 0.5) is 10.2 Å². The predicted octanol–water partition coefficient (Wildman–Crippen LogP) is 2.07. The summed E-state index contributed by atoms with van der Waals surface area (Å²) in [6.07, 6.45) is -1.04. The van der Waals surface area contributed by atoms with Crippen LogP contribution in [-0.2, 0) is 14.3 Å². The van der Waals surface area contributed by atoms with E-state index in [9.17, 15) is 14.0 Å². The highest BCUT2D eigenvalue weighted by molar-refractivity contribution is 5.95. The van der Waals surface area contributed by atoms with Gasteiger partial charge in [-0.05, 0) is 25.1 Å². The van der Waals surface area contributed by atoms with Gasteiger partial charge < -0.3 is 15.0 Å². The summed E-state index contributed by atoms with van der Waals surface area (Å²) < 4.78 is 19.7. The van der Waals surface area contributed by atoms with Crippen molar-refractivity contribution in [3.05, 3.63) is 59.5 Å². The number of anilines is 1. The fourth-order valence-corrected chi connectivity index (χ4v) is 2.83. The van der Waals surface area contributed by atoms with Gasteiger partial charge >= 0.3 is 0 Å². The summed E-state index contributed by atoms with van der Waals surface area (Å²) in [5.74, 6) is -0.916. The number of aryl methyl sites for hydroxylation is 1. The van der Waals surface area contributed by atoms with Crippen molar-refractivity contribution in [2.75, 3.05) is 19.0 Å². The number of pyridine rings is 1. The second-order valence-electron chi connectivity index (χ2n) is 5.86. The van der Waals surface area contributed by atoms with Gasteiger partial charge in [-0.15, -0.1) is 0 Å². The molecular weight excluding hydrogens is 325 g/mol. The number of morpholine rings is 1. The summed E-state index contributed by atoms with van der Waals surface area (Å²) in [6.45, 7) is 1.57. The molecule has 2 aromatic rings. The lowest BCUT2D eigenvalue weighted by atomic mass is 9.97. The van der Waals surface area contributed by atoms with E-state index in [0.717, 1.165) is 5.69 Å². The number of hydrogen-bond acceptors (Lipinski definition) is 4. The molecule has 1 fully saturated rings. The summed E-state index contributed by atoms with van der Waals surface area (Å²) in [5.41, 5.74) is 0.982. The Morgan fingerprint density at radius 3 is 2.76 bits per heavy atom. The van der Waals surface area contributed by atoms with Crippen LogP contribution in [-0.4, -0.2) is 41.5 Å². The molecule has 2 heterocycles. The first-order valence-electron chi connectivity index (χ1n) is 7.83. The third kappa shape index (κ3) is 3.51. The molecular formula is C18H18FN3O3. The van der Waals surface area contributed by atoms with Crippen LogP contribution in [0.25, 0.3) is 0 Å². The summed E-state index contributed by atoms with van der Waals surface area (Å²) in [6, 6.07) is 10.4. The topological polar surface area (TPSA) is 71.5 Å². The standard InChI is InChI=1S/C18H18FN3O3/c1-11-6-5-9-14(20-11)21-18(24)17-16(22(2)15(23)10-25-17)12-7-3-4-8-13(12)19/h3-9,16-17H,10H2,1-2H3,(H,20,21,24)/t16-,17+/m1/s1. The van der Waals surface area contributed by atoms with Crippen LogP contribution in [0.2, 0.25) is 0 Å². The quantitative estimate of drug-likeness (QED) is 0.926. The number of nitrogens with one attached hydrogen (secondary N) is 1. The van der Waals surface area contributed by atoms with Crippen LogP contribution in [0, 0.1) is 12.7 Å². The van der Waals surface area contributed by atoms with Gasteiger partial charge in [0, 0.05) is 18.3 Å². The molecule has 1 aromatic heterocycles. The first-order valence-corrected chi connectivity index (χ1v) is 7.83. The summed E-state index contributed by atoms with van der Waals surface area (Å²) in [7, 11) is 1.53. The zero-order valence-electron chi connectivity index (χ0n) is 13.9. The maximum absolute atomic E-state index is 14.3. The molecule has 0 bridgehead atoms. The highest BCUT2D eigenvalue weighted by Crippen LogP contribution is 2.31. The average molecular weight is 343 g/mol. The van der Waals surface area contributed by atoms with Gasteiger partial charge in [0.2, 0.25) is 5.91 Å². The number of benzene rings is 1. The zero-order chi connectivity index (χ0) is 18.0. The van der Waals surface area contributed by atoms with Gasteiger partial charge in [0.15, 0.2) is 6.10 Å². The third-order valence-electron chi connectivity index (χ3n) is 4.11. The van der Waals surface area contributed by atoms with Gasteiger partial charge in [-0.1, -0.05) is 24.3 Å². The Kier molecular flexibility index (Phi) is 4.76. The molecule has 0 radical (unpaired) electrons. The number of halogens is 1. The lowest BCUT2D eigenvalue weighted by molar-refractivity contribution is -0.160. The minimum atomic E-state index is -1.04. The fraction of sp³-hybridized carbons (Fsp3) is 0.278. The molecule has 130 valence electrons. The number of nitrogens with zero attached hydrogens (tertiary/aromatic N) is 2. The van der Waals surface area contributed by atoms with Crippen molar-refractivity contribution in [1.82, 2.24) is 9.88 Å². The SMILES string of the molecule is Cc1cccc(NC(=O)[C@H]2OCC(=O)N(C)[C@@H]2c2ccccc2F)n1. The van der Waals surface area contributed by atoms with Crippen molar-refractivity contribution in [2.45, 2.75) is 19.1 Å². The summed E-state index contributed by atoms with van der Waals surface area (Å²) in [4.78, 5) is 30.2. The van der Waals surface area contributed by atoms with Gasteiger partial charge in [0.25, 0.3) is 5.91 Å². The molecule has 6 nitrogen and oxygen atoms in total. The Morgan fingerprint density at radius 1 is 1.28 bits per heavy atom. The first-order chi connectivity index (χ1) is 12.0. The second-order valence-corrected chi connectivity index (χ2v) is 5.86.